The van der Waals surface area contributed by atoms with E-state index in [4.69, 9.17) is 0 Å². The molecule has 31 heavy (non-hydrogen) atoms. The molecule has 0 bridgehead atoms. The van der Waals surface area contributed by atoms with Gasteiger partial charge >= 0.3 is 60.0 Å². The van der Waals surface area contributed by atoms with Crippen LogP contribution >= 0.6 is 0 Å². The molecule has 0 aliphatic heterocycles. The molecule has 0 fully saturated rings. The zero-order chi connectivity index (χ0) is 26.1. The fraction of sp³-hybridized carbons (Fsp3) is 1.00. The van der Waals surface area contributed by atoms with Crippen LogP contribution in [-0.2, 0) is 0 Å². The predicted octanol–water partition coefficient (Wildman–Crippen LogP) is 6.90. The smallest absolute Gasteiger partial charge is 0.219 e. The van der Waals surface area contributed by atoms with Crippen LogP contribution in [-0.4, -0.2) is 60.0 Å². The molecule has 0 aliphatic carbocycles. The molecule has 0 rings (SSSR count). The largest absolute Gasteiger partial charge is 0.457 e. The standard InChI is InChI=1S/C10HF21/c11-1(12)2(13,14)4(16,17)7(22,23)8(24,25)5(18,19)3(15,9(26,27)28)6(20,21)10(29,30)31/h1H. The van der Waals surface area contributed by atoms with Gasteiger partial charge in [-0.1, -0.05) is 0 Å². The lowest BCUT2D eigenvalue weighted by atomic mass is 9.81. The molecule has 0 aromatic rings. The Morgan fingerprint density at radius 3 is 0.839 bits per heavy atom. The molecular formula is C10HF21. The van der Waals surface area contributed by atoms with Crippen molar-refractivity contribution >= 4 is 0 Å². The van der Waals surface area contributed by atoms with E-state index in [9.17, 15) is 92.2 Å². The fourth-order valence-electron chi connectivity index (χ4n) is 1.71. The summed E-state index contributed by atoms with van der Waals surface area (Å²) in [5.74, 6) is -52.7. The van der Waals surface area contributed by atoms with Crippen molar-refractivity contribution in [1.82, 2.24) is 0 Å². The van der Waals surface area contributed by atoms with Crippen molar-refractivity contribution in [3.63, 3.8) is 0 Å². The second kappa shape index (κ2) is 7.01. The lowest BCUT2D eigenvalue weighted by Crippen LogP contribution is -2.79. The van der Waals surface area contributed by atoms with Gasteiger partial charge < -0.3 is 0 Å². The van der Waals surface area contributed by atoms with Crippen molar-refractivity contribution < 1.29 is 92.2 Å². The molecule has 0 heterocycles. The van der Waals surface area contributed by atoms with Gasteiger partial charge in [-0.15, -0.1) is 0 Å². The first-order valence-electron chi connectivity index (χ1n) is 6.32. The average Bonchev–Trinajstić information content (AvgIpc) is 2.50. The number of hydrogen-bond donors (Lipinski definition) is 0. The zero-order valence-corrected chi connectivity index (χ0v) is 13.0. The highest BCUT2D eigenvalue weighted by Gasteiger charge is 2.99. The van der Waals surface area contributed by atoms with Gasteiger partial charge in [0, 0.05) is 0 Å². The summed E-state index contributed by atoms with van der Waals surface area (Å²) in [5, 5.41) is 0. The Hall–Kier alpha value is -1.47. The maximum absolute atomic E-state index is 13.5. The fourth-order valence-corrected chi connectivity index (χ4v) is 1.71. The van der Waals surface area contributed by atoms with E-state index in [1.165, 1.54) is 0 Å². The first kappa shape index (κ1) is 29.5. The van der Waals surface area contributed by atoms with Crippen LogP contribution in [0.25, 0.3) is 0 Å². The molecule has 0 aromatic carbocycles. The van der Waals surface area contributed by atoms with Crippen LogP contribution in [0.1, 0.15) is 0 Å². The van der Waals surface area contributed by atoms with Crippen molar-refractivity contribution in [2.45, 2.75) is 60.0 Å². The lowest BCUT2D eigenvalue weighted by Gasteiger charge is -2.46. The van der Waals surface area contributed by atoms with Gasteiger partial charge in [0.05, 0.1) is 0 Å². The molecule has 0 aliphatic rings. The second-order valence-corrected chi connectivity index (χ2v) is 5.45. The van der Waals surface area contributed by atoms with E-state index in [1.54, 1.807) is 0 Å². The first-order chi connectivity index (χ1) is 12.9. The number of alkyl halides is 21. The molecule has 1 atom stereocenters. The maximum Gasteiger partial charge on any atom is 0.457 e. The summed E-state index contributed by atoms with van der Waals surface area (Å²) in [4.78, 5) is 0. The van der Waals surface area contributed by atoms with Crippen LogP contribution in [0, 0.1) is 0 Å². The molecule has 0 saturated heterocycles. The number of rotatable bonds is 7. The van der Waals surface area contributed by atoms with Gasteiger partial charge in [0.25, 0.3) is 0 Å². The Morgan fingerprint density at radius 2 is 0.613 bits per heavy atom. The van der Waals surface area contributed by atoms with Gasteiger partial charge in [-0.2, -0.15) is 79.0 Å². The van der Waals surface area contributed by atoms with Crippen LogP contribution in [0.5, 0.6) is 0 Å². The van der Waals surface area contributed by atoms with Gasteiger partial charge in [0.1, 0.15) is 0 Å². The van der Waals surface area contributed by atoms with Crippen LogP contribution in [0.15, 0.2) is 0 Å². The average molecular weight is 520 g/mol. The van der Waals surface area contributed by atoms with Gasteiger partial charge in [0.2, 0.25) is 0 Å². The minimum atomic E-state index is -9.33. The topological polar surface area (TPSA) is 0 Å². The van der Waals surface area contributed by atoms with Gasteiger partial charge in [-0.25, -0.2) is 13.2 Å². The normalized spacial score (nSPS) is 18.4. The SMILES string of the molecule is FC(F)C(F)(F)C(F)(F)C(F)(F)C(F)(F)C(F)(F)C(F)(C(F)(F)F)C(F)(F)C(F)(F)F. The molecule has 0 N–H and O–H groups in total. The number of hydrogen-bond acceptors (Lipinski definition) is 0. The van der Waals surface area contributed by atoms with Crippen LogP contribution in [0.4, 0.5) is 92.2 Å². The van der Waals surface area contributed by atoms with Gasteiger partial charge in [-0.05, 0) is 0 Å². The minimum absolute atomic E-state index is 6.16. The van der Waals surface area contributed by atoms with Crippen LogP contribution in [0.3, 0.4) is 0 Å². The summed E-state index contributed by atoms with van der Waals surface area (Å²) < 4.78 is 266. The van der Waals surface area contributed by atoms with Crippen LogP contribution < -0.4 is 0 Å². The quantitative estimate of drug-likeness (QED) is 0.321. The third-order valence-electron chi connectivity index (χ3n) is 3.49. The van der Waals surface area contributed by atoms with Gasteiger partial charge in [0.15, 0.2) is 0 Å². The molecule has 188 valence electrons. The van der Waals surface area contributed by atoms with Crippen molar-refractivity contribution in [2.75, 3.05) is 0 Å². The van der Waals surface area contributed by atoms with Crippen LogP contribution in [0.2, 0.25) is 0 Å². The first-order valence-corrected chi connectivity index (χ1v) is 6.32. The Labute approximate surface area is 153 Å². The van der Waals surface area contributed by atoms with Crippen molar-refractivity contribution in [1.29, 1.82) is 0 Å². The molecule has 1 unspecified atom stereocenters. The molecule has 0 radical (unpaired) electrons. The summed E-state index contributed by atoms with van der Waals surface area (Å²) in [5.41, 5.74) is -9.20. The van der Waals surface area contributed by atoms with E-state index in [2.05, 4.69) is 0 Å². The minimum Gasteiger partial charge on any atom is -0.219 e. The lowest BCUT2D eigenvalue weighted by molar-refractivity contribution is -0.477. The monoisotopic (exact) mass is 520 g/mol. The molecular weight excluding hydrogens is 519 g/mol. The highest BCUT2D eigenvalue weighted by atomic mass is 19.4. The summed E-state index contributed by atoms with van der Waals surface area (Å²) >= 11 is 0. The molecule has 21 heteroatoms. The summed E-state index contributed by atoms with van der Waals surface area (Å²) in [7, 11) is 0. The Kier molecular flexibility index (Phi) is 6.68. The highest BCUT2D eigenvalue weighted by Crippen LogP contribution is 2.67. The van der Waals surface area contributed by atoms with Crippen molar-refractivity contribution in [2.24, 2.45) is 0 Å². The van der Waals surface area contributed by atoms with E-state index < -0.39 is 60.0 Å². The zero-order valence-electron chi connectivity index (χ0n) is 13.0. The summed E-state index contributed by atoms with van der Waals surface area (Å²) in [6.07, 6.45) is -23.0. The highest BCUT2D eigenvalue weighted by molar-refractivity contribution is 5.21. The Balaban J connectivity index is 7.28. The van der Waals surface area contributed by atoms with E-state index in [0.29, 0.717) is 0 Å². The third kappa shape index (κ3) is 3.43. The van der Waals surface area contributed by atoms with E-state index in [-0.39, 0.29) is 0 Å². The predicted molar refractivity (Wildman–Crippen MR) is 51.6 cm³/mol. The van der Waals surface area contributed by atoms with E-state index in [0.717, 1.165) is 0 Å². The van der Waals surface area contributed by atoms with E-state index >= 15 is 0 Å². The maximum atomic E-state index is 13.5. The van der Waals surface area contributed by atoms with Crippen molar-refractivity contribution in [3.05, 3.63) is 0 Å². The van der Waals surface area contributed by atoms with Gasteiger partial charge in [-0.3, -0.25) is 0 Å². The molecule has 0 saturated carbocycles. The second-order valence-electron chi connectivity index (χ2n) is 5.45. The van der Waals surface area contributed by atoms with E-state index in [1.807, 2.05) is 0 Å². The Bertz CT molecular complexity index is 648. The third-order valence-corrected chi connectivity index (χ3v) is 3.49. The summed E-state index contributed by atoms with van der Waals surface area (Å²) in [6, 6.07) is 0. The summed E-state index contributed by atoms with van der Waals surface area (Å²) in [6.45, 7) is 0. The Morgan fingerprint density at radius 1 is 0.323 bits per heavy atom. The molecule has 0 nitrogen and oxygen atoms in total. The number of halogens is 21. The molecule has 0 amide bonds. The molecule has 0 aromatic heterocycles. The molecule has 0 spiro atoms. The van der Waals surface area contributed by atoms with Crippen molar-refractivity contribution in [3.8, 4) is 0 Å².